The molecule has 0 bridgehead atoms. The van der Waals surface area contributed by atoms with Gasteiger partial charge in [-0.05, 0) is 64.1 Å². The fourth-order valence-electron chi connectivity index (χ4n) is 3.51. The summed E-state index contributed by atoms with van der Waals surface area (Å²) in [7, 11) is -4.57. The molecule has 0 fully saturated rings. The SMILES string of the molecule is CCONC(=O)C[C@H]1CN(S(=O)(=O)c2cccc(C(F)(F)F)c2)c2cc(NC(=O)OC(C)(C)C)ccc2O1. The Hall–Kier alpha value is -3.52. The van der Waals surface area contributed by atoms with Gasteiger partial charge >= 0.3 is 12.3 Å². The number of fused-ring (bicyclic) bond motifs is 1. The zero-order valence-electron chi connectivity index (χ0n) is 21.1. The molecular formula is C24H28F3N3O7S. The number of benzene rings is 2. The van der Waals surface area contributed by atoms with Crippen molar-refractivity contribution in [3.63, 3.8) is 0 Å². The third kappa shape index (κ3) is 7.28. The van der Waals surface area contributed by atoms with E-state index in [0.717, 1.165) is 22.5 Å². The second-order valence-corrected chi connectivity index (χ2v) is 11.1. The minimum absolute atomic E-state index is 0.0377. The van der Waals surface area contributed by atoms with Crippen LogP contribution in [0.25, 0.3) is 0 Å². The molecular weight excluding hydrogens is 531 g/mol. The van der Waals surface area contributed by atoms with E-state index in [-0.39, 0.29) is 30.2 Å². The summed E-state index contributed by atoms with van der Waals surface area (Å²) in [6.07, 6.45) is -6.86. The van der Waals surface area contributed by atoms with Gasteiger partial charge in [0.25, 0.3) is 10.0 Å². The van der Waals surface area contributed by atoms with Gasteiger partial charge in [-0.1, -0.05) is 6.07 Å². The van der Waals surface area contributed by atoms with Crippen LogP contribution in [0.3, 0.4) is 0 Å². The Bertz CT molecular complexity index is 1290. The van der Waals surface area contributed by atoms with Gasteiger partial charge in [-0.3, -0.25) is 19.3 Å². The van der Waals surface area contributed by atoms with Crippen LogP contribution in [0.15, 0.2) is 47.4 Å². The molecule has 1 aliphatic heterocycles. The summed E-state index contributed by atoms with van der Waals surface area (Å²) in [5, 5.41) is 2.49. The highest BCUT2D eigenvalue weighted by Gasteiger charge is 2.38. The minimum Gasteiger partial charge on any atom is -0.486 e. The lowest BCUT2D eigenvalue weighted by Crippen LogP contribution is -2.45. The Kier molecular flexibility index (Phi) is 8.46. The van der Waals surface area contributed by atoms with E-state index in [1.165, 1.54) is 18.2 Å². The lowest BCUT2D eigenvalue weighted by molar-refractivity contribution is -0.137. The van der Waals surface area contributed by atoms with Gasteiger partial charge in [0.05, 0.1) is 35.7 Å². The van der Waals surface area contributed by atoms with Crippen molar-refractivity contribution in [2.24, 2.45) is 0 Å². The smallest absolute Gasteiger partial charge is 0.416 e. The Balaban J connectivity index is 2.01. The molecule has 2 N–H and O–H groups in total. The minimum atomic E-state index is -4.77. The van der Waals surface area contributed by atoms with Crippen LogP contribution >= 0.6 is 0 Å². The highest BCUT2D eigenvalue weighted by molar-refractivity contribution is 7.92. The van der Waals surface area contributed by atoms with Gasteiger partial charge < -0.3 is 9.47 Å². The van der Waals surface area contributed by atoms with Gasteiger partial charge in [0.15, 0.2) is 0 Å². The predicted molar refractivity (Wildman–Crippen MR) is 131 cm³/mol. The predicted octanol–water partition coefficient (Wildman–Crippen LogP) is 4.47. The van der Waals surface area contributed by atoms with Crippen molar-refractivity contribution < 1.29 is 45.5 Å². The number of alkyl halides is 3. The molecule has 10 nitrogen and oxygen atoms in total. The fourth-order valence-corrected chi connectivity index (χ4v) is 5.05. The number of hydroxylamine groups is 1. The number of anilines is 2. The lowest BCUT2D eigenvalue weighted by Gasteiger charge is -2.35. The Morgan fingerprint density at radius 3 is 2.47 bits per heavy atom. The van der Waals surface area contributed by atoms with E-state index in [1.807, 2.05) is 0 Å². The molecule has 2 amide bonds. The Morgan fingerprint density at radius 2 is 1.84 bits per heavy atom. The summed E-state index contributed by atoms with van der Waals surface area (Å²) >= 11 is 0. The molecule has 2 aromatic rings. The average molecular weight is 560 g/mol. The van der Waals surface area contributed by atoms with Gasteiger partial charge in [0, 0.05) is 5.69 Å². The van der Waals surface area contributed by atoms with Gasteiger partial charge in [0.2, 0.25) is 5.91 Å². The van der Waals surface area contributed by atoms with E-state index in [1.54, 1.807) is 27.7 Å². The van der Waals surface area contributed by atoms with Crippen LogP contribution in [-0.2, 0) is 30.6 Å². The Morgan fingerprint density at radius 1 is 1.13 bits per heavy atom. The maximum Gasteiger partial charge on any atom is 0.416 e. The lowest BCUT2D eigenvalue weighted by atomic mass is 10.1. The summed E-state index contributed by atoms with van der Waals surface area (Å²) in [4.78, 5) is 28.7. The zero-order chi connectivity index (χ0) is 28.3. The van der Waals surface area contributed by atoms with Gasteiger partial charge in [-0.2, -0.15) is 13.2 Å². The molecule has 1 aliphatic rings. The van der Waals surface area contributed by atoms with E-state index in [9.17, 15) is 31.2 Å². The molecule has 0 aliphatic carbocycles. The zero-order valence-corrected chi connectivity index (χ0v) is 21.9. The average Bonchev–Trinajstić information content (AvgIpc) is 2.80. The maximum atomic E-state index is 13.6. The normalized spacial score (nSPS) is 15.8. The first-order chi connectivity index (χ1) is 17.6. The molecule has 38 heavy (non-hydrogen) atoms. The summed E-state index contributed by atoms with van der Waals surface area (Å²) in [5.41, 5.74) is 0.361. The molecule has 1 heterocycles. The number of hydrogen-bond acceptors (Lipinski definition) is 7. The quantitative estimate of drug-likeness (QED) is 0.480. The van der Waals surface area contributed by atoms with Gasteiger partial charge in [0.1, 0.15) is 17.5 Å². The second-order valence-electron chi connectivity index (χ2n) is 9.27. The van der Waals surface area contributed by atoms with Crippen molar-refractivity contribution in [3.05, 3.63) is 48.0 Å². The van der Waals surface area contributed by atoms with Crippen LogP contribution in [0, 0.1) is 0 Å². The molecule has 0 aromatic heterocycles. The molecule has 14 heteroatoms. The molecule has 208 valence electrons. The number of sulfonamides is 1. The first-order valence-corrected chi connectivity index (χ1v) is 13.0. The van der Waals surface area contributed by atoms with Crippen molar-refractivity contribution in [2.45, 2.75) is 56.9 Å². The van der Waals surface area contributed by atoms with Crippen LogP contribution in [0.2, 0.25) is 0 Å². The second kappa shape index (κ2) is 11.1. The third-order valence-electron chi connectivity index (χ3n) is 5.03. The number of carbonyl (C=O) groups excluding carboxylic acids is 2. The topological polar surface area (TPSA) is 123 Å². The van der Waals surface area contributed by atoms with Crippen LogP contribution in [0.4, 0.5) is 29.3 Å². The van der Waals surface area contributed by atoms with Crippen molar-refractivity contribution in [1.29, 1.82) is 0 Å². The maximum absolute atomic E-state index is 13.6. The molecule has 2 aromatic carbocycles. The number of halogens is 3. The standard InChI is InChI=1S/C24H28F3N3O7S/c1-5-35-29-21(31)13-17-14-30(38(33,34)18-8-6-7-15(11-18)24(25,26)27)19-12-16(9-10-20(19)36-17)28-22(32)37-23(2,3)4/h6-12,17H,5,13-14H2,1-4H3,(H,28,32)(H,29,31)/t17-/m0/s1. The summed E-state index contributed by atoms with van der Waals surface area (Å²) in [5.74, 6) is -0.546. The first-order valence-electron chi connectivity index (χ1n) is 11.5. The summed E-state index contributed by atoms with van der Waals surface area (Å²) in [6, 6.07) is 7.43. The molecule has 0 spiro atoms. The number of amides is 2. The first kappa shape index (κ1) is 29.0. The van der Waals surface area contributed by atoms with Crippen molar-refractivity contribution >= 4 is 33.4 Å². The molecule has 3 rings (SSSR count). The molecule has 1 atom stereocenters. The van der Waals surface area contributed by atoms with Crippen LogP contribution in [0.5, 0.6) is 5.75 Å². The highest BCUT2D eigenvalue weighted by Crippen LogP contribution is 2.40. The van der Waals surface area contributed by atoms with Crippen molar-refractivity contribution in [1.82, 2.24) is 5.48 Å². The van der Waals surface area contributed by atoms with Crippen LogP contribution < -0.4 is 19.8 Å². The number of rotatable bonds is 7. The van der Waals surface area contributed by atoms with E-state index >= 15 is 0 Å². The van der Waals surface area contributed by atoms with Gasteiger partial charge in [-0.15, -0.1) is 0 Å². The molecule has 0 saturated carbocycles. The van der Waals surface area contributed by atoms with Gasteiger partial charge in [-0.25, -0.2) is 18.7 Å². The number of nitrogens with zero attached hydrogens (tertiary/aromatic N) is 1. The highest BCUT2D eigenvalue weighted by atomic mass is 32.2. The number of nitrogens with one attached hydrogen (secondary N) is 2. The van der Waals surface area contributed by atoms with Crippen LogP contribution in [0.1, 0.15) is 39.7 Å². The van der Waals surface area contributed by atoms with Crippen molar-refractivity contribution in [2.75, 3.05) is 22.8 Å². The summed E-state index contributed by atoms with van der Waals surface area (Å²) in [6.45, 7) is 6.44. The Labute approximate surface area is 218 Å². The largest absolute Gasteiger partial charge is 0.486 e. The number of carbonyl (C=O) groups is 2. The van der Waals surface area contributed by atoms with E-state index in [4.69, 9.17) is 14.3 Å². The molecule has 0 saturated heterocycles. The monoisotopic (exact) mass is 559 g/mol. The van der Waals surface area contributed by atoms with Crippen LogP contribution in [-0.4, -0.2) is 45.3 Å². The molecule has 0 unspecified atom stereocenters. The van der Waals surface area contributed by atoms with Crippen molar-refractivity contribution in [3.8, 4) is 5.75 Å². The molecule has 0 radical (unpaired) electrons. The van der Waals surface area contributed by atoms with E-state index < -0.39 is 56.9 Å². The fraction of sp³-hybridized carbons (Fsp3) is 0.417. The number of ether oxygens (including phenoxy) is 2. The van der Waals surface area contributed by atoms with E-state index in [2.05, 4.69) is 10.8 Å². The summed E-state index contributed by atoms with van der Waals surface area (Å²) < 4.78 is 79.0. The third-order valence-corrected chi connectivity index (χ3v) is 6.80. The number of hydrogen-bond donors (Lipinski definition) is 2. The van der Waals surface area contributed by atoms with E-state index in [0.29, 0.717) is 6.07 Å².